The first-order chi connectivity index (χ1) is 47.7. The SMILES string of the molecule is CC(=O)OC[C@H]1O[C@@H](O[C@@H]2[C@@H](OC(C)=O)[C@H](NC(=O)[C@H](CCNC(=O)OCc3ccccc3)OC(C)=O)C[C@H](N)[C@H]2O[C@H]2O[C@H](COS(=O)(=O)c3ccc(C)cc3)[C@@H](O)C[C@H]2N)[C@H](OC(C)=O)[C@@H]1O[C@H]1O[C@H]2CN(C(=O)OCc3ccccc3)C(c3ccccc3)O[C@H]2[C@H](OC(C)=O)[C@H]1N. The summed E-state index contributed by atoms with van der Waals surface area (Å²) in [7, 11) is -4.43. The lowest BCUT2D eigenvalue weighted by molar-refractivity contribution is -0.321. The van der Waals surface area contributed by atoms with Gasteiger partial charge in [0.25, 0.3) is 16.0 Å². The fourth-order valence-corrected chi connectivity index (χ4v) is 13.0. The lowest BCUT2D eigenvalue weighted by Crippen LogP contribution is -2.69. The van der Waals surface area contributed by atoms with E-state index in [1.54, 1.807) is 110 Å². The van der Waals surface area contributed by atoms with Gasteiger partial charge in [-0.25, -0.2) is 9.59 Å². The predicted molar refractivity (Wildman–Crippen MR) is 342 cm³/mol. The summed E-state index contributed by atoms with van der Waals surface area (Å²) in [4.78, 5) is 108. The molecular weight excluding hydrogens is 1340 g/mol. The maximum absolute atomic E-state index is 14.5. The molecular formula is C67H84N6O26S. The molecule has 4 aromatic carbocycles. The Morgan fingerprint density at radius 1 is 0.590 bits per heavy atom. The molecule has 5 fully saturated rings. The summed E-state index contributed by atoms with van der Waals surface area (Å²) in [5.41, 5.74) is 23.3. The molecule has 4 heterocycles. The van der Waals surface area contributed by atoms with E-state index in [9.17, 15) is 51.9 Å². The lowest BCUT2D eigenvalue weighted by Gasteiger charge is -2.51. The van der Waals surface area contributed by atoms with Crippen LogP contribution < -0.4 is 27.8 Å². The van der Waals surface area contributed by atoms with E-state index < -0.39 is 194 Å². The number of esters is 5. The number of aryl methyl sites for hydroxylation is 1. The molecule has 0 spiro atoms. The van der Waals surface area contributed by atoms with Crippen LogP contribution in [0.3, 0.4) is 0 Å². The Morgan fingerprint density at radius 2 is 1.17 bits per heavy atom. The van der Waals surface area contributed by atoms with E-state index in [1.807, 2.05) is 0 Å². The number of alkyl carbamates (subject to hydrolysis) is 1. The van der Waals surface area contributed by atoms with Crippen LogP contribution >= 0.6 is 0 Å². The molecule has 100 heavy (non-hydrogen) atoms. The Kier molecular flexibility index (Phi) is 26.5. The Labute approximate surface area is 576 Å². The van der Waals surface area contributed by atoms with Crippen molar-refractivity contribution in [2.45, 2.75) is 201 Å². The molecule has 4 aromatic rings. The van der Waals surface area contributed by atoms with Crippen molar-refractivity contribution < 1.29 is 122 Å². The third kappa shape index (κ3) is 20.3. The zero-order valence-corrected chi connectivity index (χ0v) is 56.4. The second-order valence-corrected chi connectivity index (χ2v) is 26.1. The maximum Gasteiger partial charge on any atom is 0.412 e. The number of amides is 3. The molecule has 4 saturated heterocycles. The van der Waals surface area contributed by atoms with Crippen LogP contribution in [0.4, 0.5) is 9.59 Å². The molecule has 33 heteroatoms. The van der Waals surface area contributed by atoms with Gasteiger partial charge in [0.05, 0.1) is 42.3 Å². The molecule has 0 aromatic heterocycles. The van der Waals surface area contributed by atoms with Gasteiger partial charge in [-0.05, 0) is 43.0 Å². The minimum atomic E-state index is -4.43. The first kappa shape index (κ1) is 75.9. The Balaban J connectivity index is 1.03. The number of benzene rings is 4. The van der Waals surface area contributed by atoms with Crippen molar-refractivity contribution >= 4 is 58.1 Å². The van der Waals surface area contributed by atoms with E-state index in [0.29, 0.717) is 16.7 Å². The normalized spacial score (nSPS) is 29.9. The average Bonchev–Trinajstić information content (AvgIpc) is 1.14. The van der Waals surface area contributed by atoms with E-state index >= 15 is 0 Å². The van der Waals surface area contributed by atoms with Crippen molar-refractivity contribution in [3.63, 3.8) is 0 Å². The van der Waals surface area contributed by atoms with Gasteiger partial charge in [0.15, 0.2) is 49.5 Å². The number of rotatable bonds is 26. The molecule has 1 unspecified atom stereocenters. The van der Waals surface area contributed by atoms with E-state index in [2.05, 4.69) is 10.6 Å². The number of aliphatic hydroxyl groups is 1. The number of hydrogen-bond acceptors (Lipinski definition) is 29. The third-order valence-corrected chi connectivity index (χ3v) is 18.1. The Morgan fingerprint density at radius 3 is 1.79 bits per heavy atom. The van der Waals surface area contributed by atoms with E-state index in [4.69, 9.17) is 87.7 Å². The molecule has 20 atom stereocenters. The van der Waals surface area contributed by atoms with Gasteiger partial charge < -0.3 is 99.3 Å². The second kappa shape index (κ2) is 34.9. The Hall–Kier alpha value is -8.29. The monoisotopic (exact) mass is 1420 g/mol. The molecule has 544 valence electrons. The van der Waals surface area contributed by atoms with Crippen molar-refractivity contribution in [3.8, 4) is 0 Å². The number of hydrogen-bond donors (Lipinski definition) is 6. The molecule has 3 amide bonds. The van der Waals surface area contributed by atoms with Gasteiger partial charge in [0, 0.05) is 59.2 Å². The maximum atomic E-state index is 14.5. The first-order valence-corrected chi connectivity index (χ1v) is 33.7. The molecule has 1 aliphatic carbocycles. The molecule has 0 radical (unpaired) electrons. The standard InChI is InChI=1S/C67H84N6O26S/c1-35-22-24-44(25-23-35)100(83,84)88-34-51-48(79)29-46(69)63(94-51)97-54-45(68)28-47(72-61(80)49(89-37(3)75)26-27-71-66(81)86-31-41-16-10-7-11-17-41)55(90-38(4)76)59(54)99-65-60(92-40(6)78)57(52(95-65)33-85-36(2)74)98-64-53(70)58(91-39(5)77)56-50(93-64)30-73(62(96-56)43-20-14-9-15-21-43)67(82)87-32-42-18-12-8-13-19-42/h7-25,45-60,62-65,79H,26-34,68-70H2,1-6H3,(H,71,81)(H,72,80)/t45-,46+,47+,48-,49-,50-,51+,52+,53+,54+,55-,56+,57+,58+,59-,60+,62?,63+,64+,65-/m0/s1. The molecule has 1 saturated carbocycles. The number of nitrogens with two attached hydrogens (primary N) is 3. The van der Waals surface area contributed by atoms with E-state index in [1.165, 1.54) is 17.0 Å². The van der Waals surface area contributed by atoms with Gasteiger partial charge in [0.1, 0.15) is 62.5 Å². The summed E-state index contributed by atoms with van der Waals surface area (Å²) in [6.07, 6.45) is -27.4. The van der Waals surface area contributed by atoms with Crippen LogP contribution in [0.25, 0.3) is 0 Å². The predicted octanol–water partition coefficient (Wildman–Crippen LogP) is 1.99. The van der Waals surface area contributed by atoms with Gasteiger partial charge in [-0.2, -0.15) is 8.42 Å². The number of aliphatic hydroxyl groups excluding tert-OH is 1. The number of carbonyl (C=O) groups excluding carboxylic acids is 8. The van der Waals surface area contributed by atoms with Gasteiger partial charge in [0.2, 0.25) is 0 Å². The summed E-state index contributed by atoms with van der Waals surface area (Å²) < 4.78 is 118. The summed E-state index contributed by atoms with van der Waals surface area (Å²) >= 11 is 0. The summed E-state index contributed by atoms with van der Waals surface area (Å²) in [6.45, 7) is 4.94. The van der Waals surface area contributed by atoms with Crippen LogP contribution in [-0.2, 0) is 123 Å². The molecule has 32 nitrogen and oxygen atoms in total. The van der Waals surface area contributed by atoms with Crippen molar-refractivity contribution in [3.05, 3.63) is 138 Å². The van der Waals surface area contributed by atoms with Crippen LogP contribution in [-0.4, -0.2) is 209 Å². The summed E-state index contributed by atoms with van der Waals surface area (Å²) in [5.74, 6) is -5.45. The highest BCUT2D eigenvalue weighted by Crippen LogP contribution is 2.41. The summed E-state index contributed by atoms with van der Waals surface area (Å²) in [6, 6.07) is 26.7. The first-order valence-electron chi connectivity index (χ1n) is 32.3. The molecule has 4 aliphatic heterocycles. The van der Waals surface area contributed by atoms with E-state index in [-0.39, 0.29) is 50.5 Å². The van der Waals surface area contributed by atoms with Gasteiger partial charge in [-0.15, -0.1) is 0 Å². The highest BCUT2D eigenvalue weighted by Gasteiger charge is 2.59. The fraction of sp³-hybridized carbons (Fsp3) is 0.522. The van der Waals surface area contributed by atoms with Gasteiger partial charge in [-0.3, -0.25) is 37.9 Å². The van der Waals surface area contributed by atoms with Crippen molar-refractivity contribution in [1.82, 2.24) is 15.5 Å². The zero-order valence-electron chi connectivity index (χ0n) is 55.6. The van der Waals surface area contributed by atoms with Crippen LogP contribution in [0.2, 0.25) is 0 Å². The quantitative estimate of drug-likeness (QED) is 0.0297. The highest BCUT2D eigenvalue weighted by molar-refractivity contribution is 7.86. The Bertz CT molecular complexity index is 3550. The van der Waals surface area contributed by atoms with Crippen molar-refractivity contribution in [2.24, 2.45) is 17.2 Å². The minimum Gasteiger partial charge on any atom is -0.463 e. The topological polar surface area (TPSA) is 435 Å². The zero-order chi connectivity index (χ0) is 71.9. The van der Waals surface area contributed by atoms with Crippen LogP contribution in [0.15, 0.2) is 120 Å². The third-order valence-electron chi connectivity index (χ3n) is 16.8. The van der Waals surface area contributed by atoms with Crippen molar-refractivity contribution in [1.29, 1.82) is 0 Å². The van der Waals surface area contributed by atoms with Gasteiger partial charge in [-0.1, -0.05) is 109 Å². The minimum absolute atomic E-state index is 0.0827. The summed E-state index contributed by atoms with van der Waals surface area (Å²) in [5, 5.41) is 16.5. The number of ether oxygens (including phenoxy) is 14. The average molecular weight is 1420 g/mol. The van der Waals surface area contributed by atoms with Gasteiger partial charge >= 0.3 is 42.0 Å². The number of nitrogens with zero attached hydrogens (tertiary/aromatic N) is 1. The number of carbonyl (C=O) groups is 8. The smallest absolute Gasteiger partial charge is 0.412 e. The fourth-order valence-electron chi connectivity index (χ4n) is 12.1. The molecule has 9 rings (SSSR count). The molecule has 9 N–H and O–H groups in total. The lowest BCUT2D eigenvalue weighted by atomic mass is 9.83. The molecule has 5 aliphatic rings. The number of nitrogens with one attached hydrogen (secondary N) is 2. The van der Waals surface area contributed by atoms with Crippen molar-refractivity contribution in [2.75, 3.05) is 26.3 Å². The van der Waals surface area contributed by atoms with Crippen LogP contribution in [0.1, 0.15) is 82.4 Å². The van der Waals surface area contributed by atoms with Crippen LogP contribution in [0.5, 0.6) is 0 Å². The largest absolute Gasteiger partial charge is 0.463 e. The molecule has 0 bridgehead atoms. The van der Waals surface area contributed by atoms with E-state index in [0.717, 1.165) is 40.2 Å². The number of fused-ring (bicyclic) bond motifs is 1. The van der Waals surface area contributed by atoms with Crippen LogP contribution in [0, 0.1) is 6.92 Å². The second-order valence-electron chi connectivity index (χ2n) is 24.5. The highest BCUT2D eigenvalue weighted by atomic mass is 32.2.